The topological polar surface area (TPSA) is 111 Å². The number of carbonyl (C=O) groups is 1. The van der Waals surface area contributed by atoms with E-state index in [9.17, 15) is 13.2 Å². The van der Waals surface area contributed by atoms with Crippen molar-refractivity contribution in [1.29, 1.82) is 0 Å². The van der Waals surface area contributed by atoms with Crippen molar-refractivity contribution in [2.45, 2.75) is 24.6 Å². The summed E-state index contributed by atoms with van der Waals surface area (Å²) in [6.07, 6.45) is 2.55. The van der Waals surface area contributed by atoms with E-state index >= 15 is 0 Å². The smallest absolute Gasteiger partial charge is 0.179 e. The van der Waals surface area contributed by atoms with Gasteiger partial charge in [-0.1, -0.05) is 16.8 Å². The van der Waals surface area contributed by atoms with Gasteiger partial charge in [-0.05, 0) is 31.5 Å². The molecule has 0 fully saturated rings. The van der Waals surface area contributed by atoms with Gasteiger partial charge in [-0.25, -0.2) is 8.42 Å². The van der Waals surface area contributed by atoms with Crippen LogP contribution in [0.5, 0.6) is 5.75 Å². The average molecular weight is 402 g/mol. The summed E-state index contributed by atoms with van der Waals surface area (Å²) in [7, 11) is -2.18. The van der Waals surface area contributed by atoms with Gasteiger partial charge in [0.05, 0.1) is 18.3 Å². The summed E-state index contributed by atoms with van der Waals surface area (Å²) in [6.45, 7) is 0.600. The van der Waals surface area contributed by atoms with Gasteiger partial charge in [0.2, 0.25) is 0 Å². The molecule has 26 heavy (non-hydrogen) atoms. The van der Waals surface area contributed by atoms with E-state index in [4.69, 9.17) is 21.4 Å². The fourth-order valence-electron chi connectivity index (χ4n) is 2.39. The Labute approximate surface area is 156 Å². The predicted octanol–water partition coefficient (Wildman–Crippen LogP) is 1.36. The number of aliphatic hydroxyl groups is 1. The fraction of sp³-hybridized carbons (Fsp3) is 0.438. The van der Waals surface area contributed by atoms with Crippen molar-refractivity contribution in [2.75, 3.05) is 20.0 Å². The van der Waals surface area contributed by atoms with Crippen LogP contribution in [0, 0.1) is 0 Å². The minimum atomic E-state index is -3.71. The van der Waals surface area contributed by atoms with Gasteiger partial charge in [0.1, 0.15) is 22.8 Å². The molecule has 0 radical (unpaired) electrons. The number of rotatable bonds is 8. The number of nitrogens with zero attached hydrogens (tertiary/aromatic N) is 3. The maximum atomic E-state index is 12.0. The molecule has 1 aromatic carbocycles. The third-order valence-corrected chi connectivity index (χ3v) is 6.74. The van der Waals surface area contributed by atoms with Gasteiger partial charge in [0.15, 0.2) is 15.6 Å². The molecule has 142 valence electrons. The summed E-state index contributed by atoms with van der Waals surface area (Å²) in [6, 6.07) is 5.13. The van der Waals surface area contributed by atoms with Gasteiger partial charge in [0, 0.05) is 18.4 Å². The van der Waals surface area contributed by atoms with E-state index < -0.39 is 27.0 Å². The number of benzene rings is 1. The predicted molar refractivity (Wildman–Crippen MR) is 97.0 cm³/mol. The minimum Gasteiger partial charge on any atom is -0.497 e. The number of ether oxygens (including phenoxy) is 1. The number of sulfone groups is 1. The third kappa shape index (κ3) is 4.05. The molecule has 2 rings (SSSR count). The number of aryl methyl sites for hydroxylation is 1. The van der Waals surface area contributed by atoms with Crippen LogP contribution in [-0.4, -0.2) is 59.0 Å². The molecule has 2 aromatic rings. The molecule has 10 heteroatoms. The van der Waals surface area contributed by atoms with Crippen molar-refractivity contribution < 1.29 is 23.1 Å². The first-order chi connectivity index (χ1) is 12.1. The molecule has 0 amide bonds. The number of aromatic nitrogens is 3. The highest BCUT2D eigenvalue weighted by Crippen LogP contribution is 2.30. The molecule has 0 aliphatic rings. The van der Waals surface area contributed by atoms with E-state index in [2.05, 4.69) is 10.3 Å². The molecule has 0 aliphatic heterocycles. The van der Waals surface area contributed by atoms with Gasteiger partial charge in [0.25, 0.3) is 0 Å². The Morgan fingerprint density at radius 1 is 1.42 bits per heavy atom. The quantitative estimate of drug-likeness (QED) is 0.710. The number of Topliss-reactive ketones (excluding diaryl/α,β-unsaturated/α-hetero) is 1. The molecule has 1 heterocycles. The molecule has 0 bridgehead atoms. The minimum absolute atomic E-state index is 0.0373. The van der Waals surface area contributed by atoms with Gasteiger partial charge in [-0.2, -0.15) is 0 Å². The van der Waals surface area contributed by atoms with Crippen LogP contribution < -0.4 is 4.74 Å². The number of ketones is 1. The largest absolute Gasteiger partial charge is 0.497 e. The van der Waals surface area contributed by atoms with Crippen molar-refractivity contribution in [3.8, 4) is 17.0 Å². The lowest BCUT2D eigenvalue weighted by Gasteiger charge is -2.25. The van der Waals surface area contributed by atoms with E-state index in [-0.39, 0.29) is 13.0 Å². The monoisotopic (exact) mass is 401 g/mol. The van der Waals surface area contributed by atoms with E-state index in [0.29, 0.717) is 22.0 Å². The van der Waals surface area contributed by atoms with Crippen LogP contribution in [-0.2, 0) is 21.2 Å². The molecule has 8 nitrogen and oxygen atoms in total. The van der Waals surface area contributed by atoms with E-state index in [1.165, 1.54) is 18.7 Å². The Bertz CT molecular complexity index is 912. The maximum Gasteiger partial charge on any atom is 0.179 e. The number of hydrogen-bond acceptors (Lipinski definition) is 7. The van der Waals surface area contributed by atoms with Crippen molar-refractivity contribution in [3.05, 3.63) is 29.4 Å². The highest BCUT2D eigenvalue weighted by molar-refractivity contribution is 7.92. The molecule has 0 saturated carbocycles. The molecule has 0 saturated heterocycles. The van der Waals surface area contributed by atoms with Gasteiger partial charge in [-0.3, -0.25) is 9.48 Å². The van der Waals surface area contributed by atoms with E-state index in [1.54, 1.807) is 24.4 Å². The average Bonchev–Trinajstić information content (AvgIpc) is 3.06. The van der Waals surface area contributed by atoms with Crippen LogP contribution in [0.1, 0.15) is 13.3 Å². The van der Waals surface area contributed by atoms with Crippen LogP contribution in [0.4, 0.5) is 0 Å². The Hall–Kier alpha value is -1.97. The Kier molecular flexibility index (Phi) is 6.05. The molecule has 1 atom stereocenters. The zero-order chi connectivity index (χ0) is 19.5. The first-order valence-corrected chi connectivity index (χ1v) is 9.97. The van der Waals surface area contributed by atoms with Gasteiger partial charge >= 0.3 is 0 Å². The second-order valence-electron chi connectivity index (χ2n) is 6.05. The highest BCUT2D eigenvalue weighted by Gasteiger charge is 2.42. The summed E-state index contributed by atoms with van der Waals surface area (Å²) in [4.78, 5) is 11.9. The Morgan fingerprint density at radius 2 is 2.12 bits per heavy atom. The van der Waals surface area contributed by atoms with E-state index in [1.807, 2.05) is 0 Å². The standard InChI is InChI=1S/C16H20ClN3O5S/c1-16(15(22)10-21,26(3,23)24)6-7-20-9-14(18-19-20)12-5-4-11(25-2)8-13(12)17/h4-5,8-9,21H,6-7,10H2,1-3H3/t16-/m1/s1. The second-order valence-corrected chi connectivity index (χ2v) is 8.90. The Balaban J connectivity index is 2.22. The summed E-state index contributed by atoms with van der Waals surface area (Å²) in [5.74, 6) is -0.142. The number of methoxy groups -OCH3 is 1. The maximum absolute atomic E-state index is 12.0. The van der Waals surface area contributed by atoms with Crippen molar-refractivity contribution in [3.63, 3.8) is 0 Å². The number of carbonyl (C=O) groups excluding carboxylic acids is 1. The zero-order valence-corrected chi connectivity index (χ0v) is 16.2. The SMILES string of the molecule is COc1ccc(-c2cn(CC[C@](C)(C(=O)CO)S(C)(=O)=O)nn2)c(Cl)c1. The van der Waals surface area contributed by atoms with Crippen molar-refractivity contribution >= 4 is 27.2 Å². The number of hydrogen-bond donors (Lipinski definition) is 1. The normalized spacial score (nSPS) is 14.0. The molecule has 0 spiro atoms. The lowest BCUT2D eigenvalue weighted by atomic mass is 10.0. The van der Waals surface area contributed by atoms with Crippen LogP contribution >= 0.6 is 11.6 Å². The molecule has 1 N–H and O–H groups in total. The molecule has 0 aliphatic carbocycles. The second kappa shape index (κ2) is 7.73. The van der Waals surface area contributed by atoms with Crippen LogP contribution in [0.3, 0.4) is 0 Å². The molecular weight excluding hydrogens is 382 g/mol. The van der Waals surface area contributed by atoms with E-state index in [0.717, 1.165) is 6.26 Å². The first kappa shape index (κ1) is 20.3. The van der Waals surface area contributed by atoms with Crippen LogP contribution in [0.2, 0.25) is 5.02 Å². The third-order valence-electron chi connectivity index (χ3n) is 4.36. The lowest BCUT2D eigenvalue weighted by molar-refractivity contribution is -0.124. The fourth-order valence-corrected chi connectivity index (χ4v) is 3.60. The summed E-state index contributed by atoms with van der Waals surface area (Å²) in [5.41, 5.74) is 1.16. The molecule has 0 unspecified atom stereocenters. The first-order valence-electron chi connectivity index (χ1n) is 7.70. The number of aliphatic hydroxyl groups excluding tert-OH is 1. The molecule has 1 aromatic heterocycles. The summed E-state index contributed by atoms with van der Waals surface area (Å²) < 4.78 is 28.8. The van der Waals surface area contributed by atoms with Crippen molar-refractivity contribution in [1.82, 2.24) is 15.0 Å². The highest BCUT2D eigenvalue weighted by atomic mass is 35.5. The van der Waals surface area contributed by atoms with Gasteiger partial charge < -0.3 is 9.84 Å². The zero-order valence-electron chi connectivity index (χ0n) is 14.6. The summed E-state index contributed by atoms with van der Waals surface area (Å²) in [5, 5.41) is 17.5. The Morgan fingerprint density at radius 3 is 2.65 bits per heavy atom. The number of halogens is 1. The van der Waals surface area contributed by atoms with Crippen LogP contribution in [0.25, 0.3) is 11.3 Å². The summed E-state index contributed by atoms with van der Waals surface area (Å²) >= 11 is 6.21. The lowest BCUT2D eigenvalue weighted by Crippen LogP contribution is -2.45. The van der Waals surface area contributed by atoms with Crippen LogP contribution in [0.15, 0.2) is 24.4 Å². The van der Waals surface area contributed by atoms with Crippen molar-refractivity contribution in [2.24, 2.45) is 0 Å². The molecular formula is C16H20ClN3O5S. The van der Waals surface area contributed by atoms with Gasteiger partial charge in [-0.15, -0.1) is 5.10 Å².